The molecule has 0 bridgehead atoms. The molecule has 8 nitrogen and oxygen atoms in total. The van der Waals surface area contributed by atoms with Crippen LogP contribution in [-0.4, -0.2) is 38.8 Å². The molecule has 8 heteroatoms. The fourth-order valence-electron chi connectivity index (χ4n) is 1.75. The number of carbonyl (C=O) groups excluding carboxylic acids is 1. The van der Waals surface area contributed by atoms with Gasteiger partial charge in [0.25, 0.3) is 0 Å². The first-order valence-electron chi connectivity index (χ1n) is 6.33. The largest absolute Gasteiger partial charge is 0.476 e. The highest BCUT2D eigenvalue weighted by Gasteiger charge is 2.22. The Bertz CT molecular complexity index is 723. The molecule has 2 rings (SSSR count). The molecular weight excluding hydrogens is 288 g/mol. The number of carboxylic acid groups (broad SMARTS) is 1. The molecule has 0 saturated heterocycles. The number of hydrogen-bond donors (Lipinski definition) is 2. The van der Waals surface area contributed by atoms with E-state index in [9.17, 15) is 9.59 Å². The average molecular weight is 302 g/mol. The predicted molar refractivity (Wildman–Crippen MR) is 78.2 cm³/mol. The fraction of sp³-hybridized carbons (Fsp3) is 0.143. The molecule has 0 spiro atoms. The van der Waals surface area contributed by atoms with Crippen molar-refractivity contribution in [3.63, 3.8) is 0 Å². The number of aromatic nitrogens is 3. The van der Waals surface area contributed by atoms with Gasteiger partial charge in [-0.2, -0.15) is 4.68 Å². The van der Waals surface area contributed by atoms with Gasteiger partial charge >= 0.3 is 12.1 Å². The van der Waals surface area contributed by atoms with E-state index < -0.39 is 12.1 Å². The number of aromatic carboxylic acids is 1. The molecule has 0 fully saturated rings. The second kappa shape index (κ2) is 6.53. The Labute approximate surface area is 126 Å². The van der Waals surface area contributed by atoms with E-state index in [4.69, 9.17) is 9.84 Å². The van der Waals surface area contributed by atoms with Crippen molar-refractivity contribution in [2.75, 3.05) is 11.9 Å². The van der Waals surface area contributed by atoms with Crippen LogP contribution in [0.2, 0.25) is 0 Å². The summed E-state index contributed by atoms with van der Waals surface area (Å²) in [6.45, 7) is 5.30. The van der Waals surface area contributed by atoms with Gasteiger partial charge in [0.15, 0.2) is 5.82 Å². The molecule has 2 aromatic rings. The number of rotatable bonds is 5. The number of anilines is 1. The van der Waals surface area contributed by atoms with Crippen LogP contribution in [0.5, 0.6) is 0 Å². The Morgan fingerprint density at radius 2 is 2.27 bits per heavy atom. The third-order valence-electron chi connectivity index (χ3n) is 2.67. The van der Waals surface area contributed by atoms with Crippen LogP contribution in [0.25, 0.3) is 5.69 Å². The minimum Gasteiger partial charge on any atom is -0.476 e. The number of hydrogen-bond acceptors (Lipinski definition) is 5. The summed E-state index contributed by atoms with van der Waals surface area (Å²) in [6, 6.07) is 7.16. The van der Waals surface area contributed by atoms with Gasteiger partial charge in [0.2, 0.25) is 5.69 Å². The third-order valence-corrected chi connectivity index (χ3v) is 2.67. The molecule has 22 heavy (non-hydrogen) atoms. The molecule has 1 amide bonds. The van der Waals surface area contributed by atoms with Crippen molar-refractivity contribution in [1.29, 1.82) is 0 Å². The van der Waals surface area contributed by atoms with Crippen molar-refractivity contribution >= 4 is 17.9 Å². The molecule has 1 aromatic carbocycles. The topological polar surface area (TPSA) is 106 Å². The molecule has 0 saturated carbocycles. The van der Waals surface area contributed by atoms with Crippen LogP contribution in [0.3, 0.4) is 0 Å². The minimum atomic E-state index is -1.31. The van der Waals surface area contributed by atoms with Crippen LogP contribution < -0.4 is 5.32 Å². The third kappa shape index (κ3) is 3.29. The lowest BCUT2D eigenvalue weighted by Gasteiger charge is -2.09. The Hall–Kier alpha value is -3.16. The van der Waals surface area contributed by atoms with E-state index in [1.54, 1.807) is 18.2 Å². The van der Waals surface area contributed by atoms with Gasteiger partial charge in [0, 0.05) is 0 Å². The molecule has 114 valence electrons. The van der Waals surface area contributed by atoms with Crippen molar-refractivity contribution < 1.29 is 19.4 Å². The van der Waals surface area contributed by atoms with Gasteiger partial charge in [0.1, 0.15) is 6.61 Å². The van der Waals surface area contributed by atoms with Crippen LogP contribution in [0, 0.1) is 6.92 Å². The van der Waals surface area contributed by atoms with Gasteiger partial charge < -0.3 is 9.84 Å². The fourth-order valence-corrected chi connectivity index (χ4v) is 1.75. The number of carboxylic acids is 1. The van der Waals surface area contributed by atoms with E-state index in [-0.39, 0.29) is 18.1 Å². The lowest BCUT2D eigenvalue weighted by molar-refractivity contribution is 0.0691. The molecule has 0 radical (unpaired) electrons. The van der Waals surface area contributed by atoms with Crippen LogP contribution in [-0.2, 0) is 4.74 Å². The van der Waals surface area contributed by atoms with Gasteiger partial charge in [-0.1, -0.05) is 30.0 Å². The Balaban J connectivity index is 2.40. The van der Waals surface area contributed by atoms with Crippen LogP contribution in [0.4, 0.5) is 10.6 Å². The molecule has 0 unspecified atom stereocenters. The highest BCUT2D eigenvalue weighted by molar-refractivity contribution is 5.96. The first kappa shape index (κ1) is 15.2. The number of carbonyl (C=O) groups is 2. The zero-order valence-corrected chi connectivity index (χ0v) is 11.8. The number of benzene rings is 1. The van der Waals surface area contributed by atoms with Gasteiger partial charge in [0.05, 0.1) is 5.69 Å². The zero-order chi connectivity index (χ0) is 16.1. The summed E-state index contributed by atoms with van der Waals surface area (Å²) >= 11 is 0. The summed E-state index contributed by atoms with van der Waals surface area (Å²) in [5.41, 5.74) is 1.14. The first-order chi connectivity index (χ1) is 10.5. The number of amides is 1. The Morgan fingerprint density at radius 1 is 1.50 bits per heavy atom. The Morgan fingerprint density at radius 3 is 2.91 bits per heavy atom. The molecular formula is C14H14N4O4. The smallest absolute Gasteiger partial charge is 0.413 e. The summed E-state index contributed by atoms with van der Waals surface area (Å²) < 4.78 is 6.01. The van der Waals surface area contributed by atoms with Crippen molar-refractivity contribution in [2.24, 2.45) is 0 Å². The van der Waals surface area contributed by atoms with Crippen molar-refractivity contribution in [1.82, 2.24) is 15.0 Å². The minimum absolute atomic E-state index is 0.000247. The summed E-state index contributed by atoms with van der Waals surface area (Å²) in [6.07, 6.45) is 0.576. The van der Waals surface area contributed by atoms with Gasteiger partial charge in [-0.3, -0.25) is 5.32 Å². The maximum absolute atomic E-state index is 11.7. The lowest BCUT2D eigenvalue weighted by atomic mass is 10.2. The first-order valence-corrected chi connectivity index (χ1v) is 6.33. The monoisotopic (exact) mass is 302 g/mol. The van der Waals surface area contributed by atoms with Crippen molar-refractivity contribution in [3.05, 3.63) is 48.2 Å². The quantitative estimate of drug-likeness (QED) is 0.818. The maximum atomic E-state index is 11.7. The molecule has 1 aromatic heterocycles. The normalized spacial score (nSPS) is 10.0. The van der Waals surface area contributed by atoms with Crippen molar-refractivity contribution in [3.8, 4) is 5.69 Å². The van der Waals surface area contributed by atoms with Gasteiger partial charge in [-0.15, -0.1) is 5.10 Å². The van der Waals surface area contributed by atoms with Crippen molar-refractivity contribution in [2.45, 2.75) is 6.92 Å². The lowest BCUT2D eigenvalue weighted by Crippen LogP contribution is -2.18. The Kier molecular flexibility index (Phi) is 4.52. The molecule has 0 aliphatic rings. The average Bonchev–Trinajstić information content (AvgIpc) is 2.89. The molecule has 2 N–H and O–H groups in total. The highest BCUT2D eigenvalue weighted by Crippen LogP contribution is 2.19. The zero-order valence-electron chi connectivity index (χ0n) is 11.8. The number of aryl methyl sites for hydroxylation is 1. The summed E-state index contributed by atoms with van der Waals surface area (Å²) in [5.74, 6) is -1.38. The molecule has 0 atom stereocenters. The van der Waals surface area contributed by atoms with E-state index in [1.807, 2.05) is 13.0 Å². The molecule has 1 heterocycles. The van der Waals surface area contributed by atoms with Gasteiger partial charge in [-0.05, 0) is 24.6 Å². The number of ether oxygens (including phenoxy) is 1. The van der Waals surface area contributed by atoms with E-state index in [1.165, 1.54) is 10.8 Å². The molecule has 0 aliphatic carbocycles. The summed E-state index contributed by atoms with van der Waals surface area (Å²) in [4.78, 5) is 22.9. The van der Waals surface area contributed by atoms with Crippen LogP contribution in [0.15, 0.2) is 36.9 Å². The summed E-state index contributed by atoms with van der Waals surface area (Å²) in [7, 11) is 0. The maximum Gasteiger partial charge on any atom is 0.413 e. The SMILES string of the molecule is C=CCOC(=O)Nc1c(C(=O)O)nnn1-c1cccc(C)c1. The van der Waals surface area contributed by atoms with Crippen LogP contribution >= 0.6 is 0 Å². The van der Waals surface area contributed by atoms with E-state index in [2.05, 4.69) is 22.2 Å². The van der Waals surface area contributed by atoms with E-state index in [0.717, 1.165) is 5.56 Å². The molecule has 0 aliphatic heterocycles. The number of nitrogens with one attached hydrogen (secondary N) is 1. The summed E-state index contributed by atoms with van der Waals surface area (Å²) in [5, 5.41) is 18.8. The highest BCUT2D eigenvalue weighted by atomic mass is 16.5. The van der Waals surface area contributed by atoms with E-state index >= 15 is 0 Å². The predicted octanol–water partition coefficient (Wildman–Crippen LogP) is 2.01. The second-order valence-corrected chi connectivity index (χ2v) is 4.35. The van der Waals surface area contributed by atoms with E-state index in [0.29, 0.717) is 5.69 Å². The number of nitrogens with zero attached hydrogens (tertiary/aromatic N) is 3. The second-order valence-electron chi connectivity index (χ2n) is 4.35. The standard InChI is InChI=1S/C14H14N4O4/c1-3-7-22-14(21)15-12-11(13(19)20)16-17-18(12)10-6-4-5-9(2)8-10/h3-6,8H,1,7H2,2H3,(H,15,21)(H,19,20). The van der Waals surface area contributed by atoms with Gasteiger partial charge in [-0.25, -0.2) is 9.59 Å². The van der Waals surface area contributed by atoms with Crippen LogP contribution in [0.1, 0.15) is 16.1 Å².